The van der Waals surface area contributed by atoms with Crippen LogP contribution in [-0.4, -0.2) is 30.8 Å². The zero-order chi connectivity index (χ0) is 11.1. The van der Waals surface area contributed by atoms with Gasteiger partial charge in [0.15, 0.2) is 17.9 Å². The van der Waals surface area contributed by atoms with E-state index >= 15 is 0 Å². The fourth-order valence-electron chi connectivity index (χ4n) is 1.66. The third-order valence-electron chi connectivity index (χ3n) is 2.63. The highest BCUT2D eigenvalue weighted by Crippen LogP contribution is 2.37. The largest absolute Gasteiger partial charge is 0.298 e. The topological polar surface area (TPSA) is 65.6 Å². The molecule has 6 heteroatoms. The average molecular weight is 217 g/mol. The number of aldehydes is 1. The van der Waals surface area contributed by atoms with E-state index in [-0.39, 0.29) is 0 Å². The minimum absolute atomic E-state index is 0.504. The van der Waals surface area contributed by atoms with Crippen molar-refractivity contribution >= 4 is 6.29 Å². The molecule has 1 aliphatic carbocycles. The summed E-state index contributed by atoms with van der Waals surface area (Å²) >= 11 is 0. The Hall–Kier alpha value is -1.98. The van der Waals surface area contributed by atoms with Crippen LogP contribution in [0.2, 0.25) is 0 Å². The molecule has 3 rings (SSSR count). The van der Waals surface area contributed by atoms with Crippen LogP contribution in [0.25, 0.3) is 5.82 Å². The number of nitrogens with zero attached hydrogens (tertiary/aromatic N) is 5. The summed E-state index contributed by atoms with van der Waals surface area (Å²) in [6.45, 7) is 0. The average Bonchev–Trinajstić information content (AvgIpc) is 2.89. The molecule has 1 aliphatic rings. The molecule has 0 N–H and O–H groups in total. The molecular formula is C10H11N5O. The highest BCUT2D eigenvalue weighted by molar-refractivity contribution is 5.79. The highest BCUT2D eigenvalue weighted by atomic mass is 16.1. The number of carbonyl (C=O) groups is 1. The van der Waals surface area contributed by atoms with Gasteiger partial charge in [-0.15, -0.1) is 5.10 Å². The quantitative estimate of drug-likeness (QED) is 0.709. The molecule has 16 heavy (non-hydrogen) atoms. The van der Waals surface area contributed by atoms with E-state index in [1.54, 1.807) is 28.9 Å². The van der Waals surface area contributed by atoms with Crippen molar-refractivity contribution < 1.29 is 4.79 Å². The van der Waals surface area contributed by atoms with Gasteiger partial charge in [0.2, 0.25) is 0 Å². The molecule has 2 aromatic heterocycles. The molecule has 0 radical (unpaired) electrons. The van der Waals surface area contributed by atoms with E-state index in [4.69, 9.17) is 0 Å². The smallest absolute Gasteiger partial charge is 0.187 e. The van der Waals surface area contributed by atoms with Crippen LogP contribution < -0.4 is 0 Å². The van der Waals surface area contributed by atoms with Gasteiger partial charge in [-0.05, 0) is 12.8 Å². The molecule has 0 amide bonds. The molecule has 0 bridgehead atoms. The molecule has 0 spiro atoms. The number of hydrogen-bond donors (Lipinski definition) is 0. The van der Waals surface area contributed by atoms with E-state index in [9.17, 15) is 4.79 Å². The number of hydrogen-bond acceptors (Lipinski definition) is 4. The van der Waals surface area contributed by atoms with Gasteiger partial charge in [0.25, 0.3) is 0 Å². The molecule has 6 nitrogen and oxygen atoms in total. The summed E-state index contributed by atoms with van der Waals surface area (Å²) in [4.78, 5) is 15.1. The Kier molecular flexibility index (Phi) is 1.89. The van der Waals surface area contributed by atoms with Crippen molar-refractivity contribution in [1.29, 1.82) is 0 Å². The van der Waals surface area contributed by atoms with Gasteiger partial charge in [0, 0.05) is 19.2 Å². The minimum Gasteiger partial charge on any atom is -0.298 e. The SMILES string of the molecule is Cn1cc(C=O)c(-n2cnc(C3CC3)n2)n1. The van der Waals surface area contributed by atoms with Crippen LogP contribution in [0.1, 0.15) is 34.9 Å². The van der Waals surface area contributed by atoms with E-state index in [1.165, 1.54) is 0 Å². The van der Waals surface area contributed by atoms with Gasteiger partial charge in [0.1, 0.15) is 6.33 Å². The first-order valence-electron chi connectivity index (χ1n) is 5.18. The third-order valence-corrected chi connectivity index (χ3v) is 2.63. The van der Waals surface area contributed by atoms with E-state index in [0.29, 0.717) is 17.3 Å². The minimum atomic E-state index is 0.504. The van der Waals surface area contributed by atoms with Crippen molar-refractivity contribution in [1.82, 2.24) is 24.5 Å². The molecular weight excluding hydrogens is 206 g/mol. The van der Waals surface area contributed by atoms with Gasteiger partial charge < -0.3 is 0 Å². The van der Waals surface area contributed by atoms with E-state index in [1.807, 2.05) is 0 Å². The lowest BCUT2D eigenvalue weighted by atomic mass is 10.4. The number of aromatic nitrogens is 5. The van der Waals surface area contributed by atoms with Crippen molar-refractivity contribution in [3.8, 4) is 5.82 Å². The summed E-state index contributed by atoms with van der Waals surface area (Å²) in [7, 11) is 1.77. The molecule has 0 aromatic carbocycles. The second-order valence-corrected chi connectivity index (χ2v) is 4.02. The Bertz CT molecular complexity index is 537. The zero-order valence-electron chi connectivity index (χ0n) is 8.87. The van der Waals surface area contributed by atoms with Gasteiger partial charge in [-0.2, -0.15) is 9.78 Å². The Morgan fingerprint density at radius 1 is 1.44 bits per heavy atom. The number of carbonyl (C=O) groups excluding carboxylic acids is 1. The first-order chi connectivity index (χ1) is 7.78. The Morgan fingerprint density at radius 3 is 2.94 bits per heavy atom. The Morgan fingerprint density at radius 2 is 2.25 bits per heavy atom. The Labute approximate surface area is 91.9 Å². The highest BCUT2D eigenvalue weighted by Gasteiger charge is 2.28. The van der Waals surface area contributed by atoms with Crippen molar-refractivity contribution in [2.75, 3.05) is 0 Å². The second kappa shape index (κ2) is 3.26. The van der Waals surface area contributed by atoms with Crippen molar-refractivity contribution in [3.63, 3.8) is 0 Å². The standard InChI is InChI=1S/C10H11N5O/c1-14-4-8(5-16)10(13-14)15-6-11-9(12-15)7-2-3-7/h4-7H,2-3H2,1H3. The van der Waals surface area contributed by atoms with Crippen LogP contribution in [0.3, 0.4) is 0 Å². The first kappa shape index (κ1) is 9.26. The predicted octanol–water partition coefficient (Wildman–Crippen LogP) is 0.691. The monoisotopic (exact) mass is 217 g/mol. The molecule has 0 atom stereocenters. The van der Waals surface area contributed by atoms with Crippen LogP contribution in [0.4, 0.5) is 0 Å². The summed E-state index contributed by atoms with van der Waals surface area (Å²) in [5.41, 5.74) is 0.523. The van der Waals surface area contributed by atoms with Crippen LogP contribution in [0, 0.1) is 0 Å². The molecule has 0 aliphatic heterocycles. The maximum Gasteiger partial charge on any atom is 0.187 e. The summed E-state index contributed by atoms with van der Waals surface area (Å²) in [5.74, 6) is 1.89. The van der Waals surface area contributed by atoms with Crippen LogP contribution in [0.5, 0.6) is 0 Å². The van der Waals surface area contributed by atoms with Crippen molar-refractivity contribution in [2.45, 2.75) is 18.8 Å². The molecule has 1 fully saturated rings. The van der Waals surface area contributed by atoms with Crippen LogP contribution >= 0.6 is 0 Å². The van der Waals surface area contributed by atoms with E-state index in [0.717, 1.165) is 25.0 Å². The fraction of sp³-hybridized carbons (Fsp3) is 0.400. The molecule has 1 saturated carbocycles. The number of aryl methyl sites for hydroxylation is 1. The molecule has 0 unspecified atom stereocenters. The van der Waals surface area contributed by atoms with Gasteiger partial charge in [-0.25, -0.2) is 4.98 Å². The summed E-state index contributed by atoms with van der Waals surface area (Å²) in [6, 6.07) is 0. The van der Waals surface area contributed by atoms with E-state index < -0.39 is 0 Å². The second-order valence-electron chi connectivity index (χ2n) is 4.02. The van der Waals surface area contributed by atoms with Gasteiger partial charge in [-0.1, -0.05) is 0 Å². The normalized spacial score (nSPS) is 15.3. The maximum absolute atomic E-state index is 10.9. The van der Waals surface area contributed by atoms with E-state index in [2.05, 4.69) is 15.2 Å². The molecule has 2 aromatic rings. The van der Waals surface area contributed by atoms with Crippen molar-refractivity contribution in [2.24, 2.45) is 7.05 Å². The lowest BCUT2D eigenvalue weighted by molar-refractivity contribution is 0.112. The summed E-state index contributed by atoms with van der Waals surface area (Å²) in [6.07, 6.45) is 6.38. The predicted molar refractivity (Wildman–Crippen MR) is 55.5 cm³/mol. The molecule has 0 saturated heterocycles. The van der Waals surface area contributed by atoms with Crippen molar-refractivity contribution in [3.05, 3.63) is 23.9 Å². The Balaban J connectivity index is 2.02. The number of rotatable bonds is 3. The maximum atomic E-state index is 10.9. The molecule has 2 heterocycles. The molecule has 82 valence electrons. The lowest BCUT2D eigenvalue weighted by Gasteiger charge is -1.94. The first-order valence-corrected chi connectivity index (χ1v) is 5.18. The van der Waals surface area contributed by atoms with Gasteiger partial charge in [0.05, 0.1) is 5.56 Å². The van der Waals surface area contributed by atoms with Crippen LogP contribution in [-0.2, 0) is 7.05 Å². The summed E-state index contributed by atoms with van der Waals surface area (Å²) in [5, 5.41) is 8.53. The lowest BCUT2D eigenvalue weighted by Crippen LogP contribution is -2.00. The van der Waals surface area contributed by atoms with Crippen LogP contribution in [0.15, 0.2) is 12.5 Å². The van der Waals surface area contributed by atoms with Gasteiger partial charge in [-0.3, -0.25) is 9.48 Å². The summed E-state index contributed by atoms with van der Waals surface area (Å²) < 4.78 is 3.16. The van der Waals surface area contributed by atoms with Gasteiger partial charge >= 0.3 is 0 Å². The third kappa shape index (κ3) is 1.42. The zero-order valence-corrected chi connectivity index (χ0v) is 8.87. The fourth-order valence-corrected chi connectivity index (χ4v) is 1.66.